The van der Waals surface area contributed by atoms with Gasteiger partial charge >= 0.3 is 33.0 Å². The molecular formula is C19H21F6O2PS. The van der Waals surface area contributed by atoms with Crippen molar-refractivity contribution in [2.24, 2.45) is 0 Å². The summed E-state index contributed by atoms with van der Waals surface area (Å²) in [6.07, 6.45) is 0. The van der Waals surface area contributed by atoms with E-state index in [2.05, 4.69) is 54.6 Å². The van der Waals surface area contributed by atoms with Crippen LogP contribution < -0.4 is 0 Å². The van der Waals surface area contributed by atoms with Gasteiger partial charge in [-0.05, 0) is 38.5 Å². The van der Waals surface area contributed by atoms with E-state index in [0.29, 0.717) is 0 Å². The van der Waals surface area contributed by atoms with Gasteiger partial charge in [-0.1, -0.05) is 48.5 Å². The predicted octanol–water partition coefficient (Wildman–Crippen LogP) is 6.48. The van der Waals surface area contributed by atoms with Crippen LogP contribution in [0.25, 0.3) is 21.5 Å². The zero-order valence-corrected chi connectivity index (χ0v) is 17.0. The first-order valence-electron chi connectivity index (χ1n) is 8.60. The molecule has 2 nitrogen and oxygen atoms in total. The molecule has 2 N–H and O–H groups in total. The van der Waals surface area contributed by atoms with Crippen molar-refractivity contribution < 1.29 is 35.4 Å². The Morgan fingerprint density at radius 3 is 1.45 bits per heavy atom. The summed E-state index contributed by atoms with van der Waals surface area (Å²) in [5.41, 5.74) is 1.35. The van der Waals surface area contributed by atoms with Crippen LogP contribution in [-0.2, 0) is 16.6 Å². The fourth-order valence-corrected chi connectivity index (χ4v) is 4.70. The standard InChI is InChI=1S/C19H21O2S.F6P/c20-9-11-22(12-10-21)14-19-17-7-3-1-5-15(17)13-16-6-2-4-8-18(16)19;1-7(2,3,4,5)6/h1-8,13,20-21H,9-12,14H2;/q+1;-1. The van der Waals surface area contributed by atoms with Gasteiger partial charge in [-0.3, -0.25) is 0 Å². The normalized spacial score (nSPS) is 14.4. The molecule has 0 fully saturated rings. The molecule has 3 rings (SSSR count). The van der Waals surface area contributed by atoms with Gasteiger partial charge < -0.3 is 10.2 Å². The Balaban J connectivity index is 0.000000370. The molecule has 0 saturated heterocycles. The average Bonchev–Trinajstić information content (AvgIpc) is 2.59. The number of fused-ring (bicyclic) bond motifs is 2. The monoisotopic (exact) mass is 458 g/mol. The van der Waals surface area contributed by atoms with E-state index < -0.39 is 7.81 Å². The van der Waals surface area contributed by atoms with Gasteiger partial charge in [0.05, 0.1) is 13.2 Å². The minimum Gasteiger partial charge on any atom is -0.391 e. The van der Waals surface area contributed by atoms with Crippen molar-refractivity contribution in [3.05, 3.63) is 60.2 Å². The third kappa shape index (κ3) is 8.78. The molecule has 0 aliphatic rings. The second kappa shape index (κ2) is 8.30. The van der Waals surface area contributed by atoms with Crippen LogP contribution in [0.2, 0.25) is 0 Å². The Morgan fingerprint density at radius 2 is 1.07 bits per heavy atom. The van der Waals surface area contributed by atoms with Crippen molar-refractivity contribution >= 4 is 40.2 Å². The quantitative estimate of drug-likeness (QED) is 0.192. The van der Waals surface area contributed by atoms with Gasteiger partial charge in [0.1, 0.15) is 17.3 Å². The van der Waals surface area contributed by atoms with Gasteiger partial charge in [0.25, 0.3) is 0 Å². The first kappa shape index (κ1) is 23.7. The molecule has 0 radical (unpaired) electrons. The van der Waals surface area contributed by atoms with Crippen LogP contribution in [0.1, 0.15) is 5.56 Å². The van der Waals surface area contributed by atoms with Crippen LogP contribution in [0.5, 0.6) is 0 Å². The van der Waals surface area contributed by atoms with E-state index in [1.807, 2.05) is 0 Å². The fraction of sp³-hybridized carbons (Fsp3) is 0.263. The largest absolute Gasteiger partial charge is 0.391 e. The summed E-state index contributed by atoms with van der Waals surface area (Å²) < 4.78 is 59.2. The summed E-state index contributed by atoms with van der Waals surface area (Å²) in [5.74, 6) is 2.44. The van der Waals surface area contributed by atoms with Crippen molar-refractivity contribution in [2.45, 2.75) is 5.75 Å². The molecule has 0 atom stereocenters. The molecule has 3 aromatic rings. The van der Waals surface area contributed by atoms with E-state index in [0.717, 1.165) is 17.3 Å². The summed E-state index contributed by atoms with van der Waals surface area (Å²) in [4.78, 5) is 0. The van der Waals surface area contributed by atoms with Gasteiger partial charge in [-0.25, -0.2) is 0 Å². The minimum atomic E-state index is -10.7. The molecule has 0 unspecified atom stereocenters. The SMILES string of the molecule is F[P-](F)(F)(F)(F)F.OCC[S+](CCO)Cc1c2ccccc2cc2ccccc12. The maximum absolute atomic E-state index is 10.7. The van der Waals surface area contributed by atoms with Crippen molar-refractivity contribution in [1.29, 1.82) is 0 Å². The molecule has 0 spiro atoms. The molecular weight excluding hydrogens is 437 g/mol. The maximum Gasteiger partial charge on any atom is 0.134 e. The van der Waals surface area contributed by atoms with E-state index >= 15 is 0 Å². The zero-order chi connectivity index (χ0) is 21.8. The molecule has 29 heavy (non-hydrogen) atoms. The average molecular weight is 458 g/mol. The third-order valence-electron chi connectivity index (χ3n) is 3.99. The van der Waals surface area contributed by atoms with Gasteiger partial charge in [0.2, 0.25) is 0 Å². The van der Waals surface area contributed by atoms with E-state index in [1.165, 1.54) is 27.1 Å². The molecule has 162 valence electrons. The maximum atomic E-state index is 9.87. The molecule has 0 aliphatic carbocycles. The van der Waals surface area contributed by atoms with Crippen LogP contribution in [0, 0.1) is 0 Å². The predicted molar refractivity (Wildman–Crippen MR) is 110 cm³/mol. The van der Waals surface area contributed by atoms with Gasteiger partial charge in [0.15, 0.2) is 0 Å². The minimum absolute atomic E-state index is 0.0125. The summed E-state index contributed by atoms with van der Waals surface area (Å²) in [6, 6.07) is 19.2. The van der Waals surface area contributed by atoms with Crippen LogP contribution in [-0.4, -0.2) is 34.9 Å². The van der Waals surface area contributed by atoms with Gasteiger partial charge in [0, 0.05) is 5.56 Å². The first-order chi connectivity index (χ1) is 13.3. The summed E-state index contributed by atoms with van der Waals surface area (Å²) in [6.45, 7) is 0.373. The first-order valence-corrected chi connectivity index (χ1v) is 12.4. The zero-order valence-electron chi connectivity index (χ0n) is 15.2. The third-order valence-corrected chi connectivity index (χ3v) is 6.21. The van der Waals surface area contributed by atoms with E-state index in [4.69, 9.17) is 0 Å². The number of hydrogen-bond donors (Lipinski definition) is 2. The Kier molecular flexibility index (Phi) is 6.79. The molecule has 3 aromatic carbocycles. The number of halogens is 6. The topological polar surface area (TPSA) is 40.5 Å². The van der Waals surface area contributed by atoms with E-state index in [1.54, 1.807) is 0 Å². The van der Waals surface area contributed by atoms with Crippen LogP contribution >= 0.6 is 7.81 Å². The Labute approximate surface area is 166 Å². The number of aliphatic hydroxyl groups excluding tert-OH is 2. The van der Waals surface area contributed by atoms with Crippen molar-refractivity contribution in [3.63, 3.8) is 0 Å². The number of hydrogen-bond acceptors (Lipinski definition) is 2. The smallest absolute Gasteiger partial charge is 0.134 e. The molecule has 0 heterocycles. The number of aliphatic hydroxyl groups is 2. The van der Waals surface area contributed by atoms with Crippen LogP contribution in [0.4, 0.5) is 25.2 Å². The Morgan fingerprint density at radius 1 is 0.690 bits per heavy atom. The van der Waals surface area contributed by atoms with E-state index in [9.17, 15) is 35.4 Å². The van der Waals surface area contributed by atoms with Crippen LogP contribution in [0.3, 0.4) is 0 Å². The molecule has 0 aliphatic heterocycles. The second-order valence-electron chi connectivity index (χ2n) is 6.37. The summed E-state index contributed by atoms with van der Waals surface area (Å²) >= 11 is 0. The molecule has 0 amide bonds. The van der Waals surface area contributed by atoms with Crippen molar-refractivity contribution in [3.8, 4) is 0 Å². The van der Waals surface area contributed by atoms with E-state index in [-0.39, 0.29) is 24.1 Å². The summed E-state index contributed by atoms with van der Waals surface area (Å²) in [7, 11) is -10.6. The molecule has 10 heteroatoms. The van der Waals surface area contributed by atoms with Gasteiger partial charge in [-0.15, -0.1) is 0 Å². The molecule has 0 aromatic heterocycles. The van der Waals surface area contributed by atoms with Gasteiger partial charge in [-0.2, -0.15) is 0 Å². The second-order valence-corrected chi connectivity index (χ2v) is 10.6. The molecule has 0 bridgehead atoms. The fourth-order valence-electron chi connectivity index (χ4n) is 2.97. The molecule has 0 saturated carbocycles. The van der Waals surface area contributed by atoms with Crippen molar-refractivity contribution in [1.82, 2.24) is 0 Å². The Bertz CT molecular complexity index is 908. The van der Waals surface area contributed by atoms with Crippen molar-refractivity contribution in [2.75, 3.05) is 24.7 Å². The number of benzene rings is 3. The van der Waals surface area contributed by atoms with Crippen LogP contribution in [0.15, 0.2) is 54.6 Å². The number of rotatable bonds is 6. The Hall–Kier alpha value is -1.54. The summed E-state index contributed by atoms with van der Waals surface area (Å²) in [5, 5.41) is 23.7.